The zero-order valence-electron chi connectivity index (χ0n) is 18.0. The Morgan fingerprint density at radius 2 is 2.00 bits per heavy atom. The lowest BCUT2D eigenvalue weighted by molar-refractivity contribution is -0.143. The molecule has 0 saturated carbocycles. The van der Waals surface area contributed by atoms with Crippen molar-refractivity contribution in [2.75, 3.05) is 29.6 Å². The first-order valence-electron chi connectivity index (χ1n) is 10.4. The van der Waals surface area contributed by atoms with E-state index >= 15 is 0 Å². The van der Waals surface area contributed by atoms with Crippen molar-refractivity contribution in [2.24, 2.45) is 4.99 Å². The standard InChI is InChI=1S/C23H22FN3O4S2/c1-2-31-22(30)12-27-18-8-7-16(24)11-19(18)33-23(27)25-20(28)13-32-14-21(29)26-10-9-15-5-3-4-6-17(15)26/h3-8,11H,2,9-10,12-14H2,1H3. The number of hydrogen-bond donors (Lipinski definition) is 0. The second-order valence-electron chi connectivity index (χ2n) is 7.31. The van der Waals surface area contributed by atoms with Gasteiger partial charge in [-0.2, -0.15) is 4.99 Å². The number of para-hydroxylation sites is 1. The number of amides is 2. The van der Waals surface area contributed by atoms with Crippen molar-refractivity contribution in [3.63, 3.8) is 0 Å². The molecule has 10 heteroatoms. The number of rotatable bonds is 7. The summed E-state index contributed by atoms with van der Waals surface area (Å²) >= 11 is 2.32. The van der Waals surface area contributed by atoms with E-state index in [0.717, 1.165) is 29.0 Å². The van der Waals surface area contributed by atoms with Gasteiger partial charge in [0.2, 0.25) is 5.91 Å². The SMILES string of the molecule is CCOC(=O)Cn1c(=NC(=O)CSCC(=O)N2CCc3ccccc32)sc2cc(F)ccc21. The molecule has 0 aliphatic carbocycles. The van der Waals surface area contributed by atoms with Crippen LogP contribution in [0.5, 0.6) is 0 Å². The lowest BCUT2D eigenvalue weighted by Crippen LogP contribution is -2.30. The van der Waals surface area contributed by atoms with E-state index in [2.05, 4.69) is 4.99 Å². The molecular formula is C23H22FN3O4S2. The highest BCUT2D eigenvalue weighted by Crippen LogP contribution is 2.28. The Hall–Kier alpha value is -2.98. The van der Waals surface area contributed by atoms with Gasteiger partial charge in [-0.3, -0.25) is 14.4 Å². The molecule has 0 spiro atoms. The van der Waals surface area contributed by atoms with Gasteiger partial charge in [0, 0.05) is 12.2 Å². The molecule has 0 N–H and O–H groups in total. The van der Waals surface area contributed by atoms with Gasteiger partial charge in [-0.05, 0) is 43.2 Å². The summed E-state index contributed by atoms with van der Waals surface area (Å²) in [4.78, 5) is 43.3. The zero-order chi connectivity index (χ0) is 23.4. The molecule has 172 valence electrons. The van der Waals surface area contributed by atoms with E-state index in [1.54, 1.807) is 22.5 Å². The Balaban J connectivity index is 1.45. The quantitative estimate of drug-likeness (QED) is 0.479. The highest BCUT2D eigenvalue weighted by molar-refractivity contribution is 8.00. The van der Waals surface area contributed by atoms with Crippen molar-refractivity contribution in [1.29, 1.82) is 0 Å². The Morgan fingerprint density at radius 3 is 2.82 bits per heavy atom. The van der Waals surface area contributed by atoms with Crippen LogP contribution in [0.15, 0.2) is 47.5 Å². The Labute approximate surface area is 197 Å². The second kappa shape index (κ2) is 10.3. The third kappa shape index (κ3) is 5.33. The van der Waals surface area contributed by atoms with Crippen LogP contribution < -0.4 is 9.70 Å². The van der Waals surface area contributed by atoms with E-state index in [9.17, 15) is 18.8 Å². The predicted octanol–water partition coefficient (Wildman–Crippen LogP) is 3.15. The molecule has 0 atom stereocenters. The largest absolute Gasteiger partial charge is 0.465 e. The Morgan fingerprint density at radius 1 is 1.18 bits per heavy atom. The molecule has 2 amide bonds. The molecule has 0 unspecified atom stereocenters. The molecule has 2 aromatic carbocycles. The number of fused-ring (bicyclic) bond motifs is 2. The summed E-state index contributed by atoms with van der Waals surface area (Å²) in [6.45, 7) is 2.44. The number of thiazole rings is 1. The molecule has 1 aliphatic heterocycles. The van der Waals surface area contributed by atoms with Crippen molar-refractivity contribution in [3.8, 4) is 0 Å². The average molecular weight is 488 g/mol. The van der Waals surface area contributed by atoms with Gasteiger partial charge in [-0.15, -0.1) is 11.8 Å². The molecule has 0 fully saturated rings. The maximum absolute atomic E-state index is 13.7. The minimum Gasteiger partial charge on any atom is -0.465 e. The van der Waals surface area contributed by atoms with Crippen molar-refractivity contribution in [3.05, 3.63) is 58.6 Å². The van der Waals surface area contributed by atoms with Crippen molar-refractivity contribution < 1.29 is 23.5 Å². The van der Waals surface area contributed by atoms with Crippen molar-refractivity contribution >= 4 is 56.8 Å². The summed E-state index contributed by atoms with van der Waals surface area (Å²) in [6.07, 6.45) is 0.827. The second-order valence-corrected chi connectivity index (χ2v) is 9.30. The van der Waals surface area contributed by atoms with Crippen LogP contribution in [0.1, 0.15) is 12.5 Å². The van der Waals surface area contributed by atoms with E-state index in [-0.39, 0.29) is 35.4 Å². The highest BCUT2D eigenvalue weighted by atomic mass is 32.2. The lowest BCUT2D eigenvalue weighted by atomic mass is 10.2. The first-order valence-corrected chi connectivity index (χ1v) is 12.4. The first-order chi connectivity index (χ1) is 16.0. The number of benzene rings is 2. The van der Waals surface area contributed by atoms with E-state index in [1.807, 2.05) is 24.3 Å². The fourth-order valence-corrected chi connectivity index (χ4v) is 5.40. The topological polar surface area (TPSA) is 81.0 Å². The van der Waals surface area contributed by atoms with Gasteiger partial charge in [0.1, 0.15) is 12.4 Å². The van der Waals surface area contributed by atoms with Gasteiger partial charge in [-0.1, -0.05) is 29.5 Å². The summed E-state index contributed by atoms with van der Waals surface area (Å²) in [5.74, 6) is -1.19. The van der Waals surface area contributed by atoms with Crippen molar-refractivity contribution in [1.82, 2.24) is 4.57 Å². The van der Waals surface area contributed by atoms with Crippen molar-refractivity contribution in [2.45, 2.75) is 19.9 Å². The molecule has 33 heavy (non-hydrogen) atoms. The number of aromatic nitrogens is 1. The fourth-order valence-electron chi connectivity index (χ4n) is 3.66. The number of esters is 1. The van der Waals surface area contributed by atoms with Gasteiger partial charge in [0.05, 0.1) is 28.3 Å². The third-order valence-electron chi connectivity index (χ3n) is 5.10. The van der Waals surface area contributed by atoms with Gasteiger partial charge in [0.25, 0.3) is 5.91 Å². The summed E-state index contributed by atoms with van der Waals surface area (Å²) in [5.41, 5.74) is 2.67. The van der Waals surface area contributed by atoms with Gasteiger partial charge in [-0.25, -0.2) is 4.39 Å². The normalized spacial score (nSPS) is 13.4. The average Bonchev–Trinajstić information content (AvgIpc) is 3.35. The van der Waals surface area contributed by atoms with E-state index in [1.165, 1.54) is 23.9 Å². The van der Waals surface area contributed by atoms with Crippen LogP contribution in [-0.2, 0) is 32.1 Å². The number of carbonyl (C=O) groups excluding carboxylic acids is 3. The maximum atomic E-state index is 13.7. The smallest absolute Gasteiger partial charge is 0.326 e. The van der Waals surface area contributed by atoms with Crippen LogP contribution in [0.25, 0.3) is 10.2 Å². The lowest BCUT2D eigenvalue weighted by Gasteiger charge is -2.16. The molecule has 2 heterocycles. The minimum absolute atomic E-state index is 0.0171. The monoisotopic (exact) mass is 487 g/mol. The summed E-state index contributed by atoms with van der Waals surface area (Å²) in [6, 6.07) is 12.0. The number of thioether (sulfide) groups is 1. The zero-order valence-corrected chi connectivity index (χ0v) is 19.6. The number of hydrogen-bond acceptors (Lipinski definition) is 6. The number of halogens is 1. The number of carbonyl (C=O) groups is 3. The van der Waals surface area contributed by atoms with Gasteiger partial charge >= 0.3 is 5.97 Å². The molecular weight excluding hydrogens is 465 g/mol. The molecule has 1 aromatic heterocycles. The van der Waals surface area contributed by atoms with Crippen LogP contribution in [0.4, 0.5) is 10.1 Å². The number of anilines is 1. The van der Waals surface area contributed by atoms with Crippen LogP contribution in [0.2, 0.25) is 0 Å². The maximum Gasteiger partial charge on any atom is 0.326 e. The molecule has 3 aromatic rings. The first kappa shape index (κ1) is 23.2. The van der Waals surface area contributed by atoms with Crippen LogP contribution in [0, 0.1) is 5.82 Å². The molecule has 0 saturated heterocycles. The summed E-state index contributed by atoms with van der Waals surface area (Å²) < 4.78 is 20.8. The van der Waals surface area contributed by atoms with E-state index < -0.39 is 17.7 Å². The molecule has 4 rings (SSSR count). The Kier molecular flexibility index (Phi) is 7.24. The highest BCUT2D eigenvalue weighted by Gasteiger charge is 2.24. The van der Waals surface area contributed by atoms with Gasteiger partial charge in [0.15, 0.2) is 4.80 Å². The minimum atomic E-state index is -0.471. The van der Waals surface area contributed by atoms with E-state index in [4.69, 9.17) is 4.74 Å². The molecule has 1 aliphatic rings. The molecule has 0 radical (unpaired) electrons. The van der Waals surface area contributed by atoms with E-state index in [0.29, 0.717) is 16.8 Å². The number of nitrogens with zero attached hydrogens (tertiary/aromatic N) is 3. The Bertz CT molecular complexity index is 1280. The van der Waals surface area contributed by atoms with Crippen LogP contribution in [-0.4, -0.2) is 47.0 Å². The number of ether oxygens (including phenoxy) is 1. The predicted molar refractivity (Wildman–Crippen MR) is 127 cm³/mol. The summed E-state index contributed by atoms with van der Waals surface area (Å²) in [7, 11) is 0. The third-order valence-corrected chi connectivity index (χ3v) is 7.04. The molecule has 7 nitrogen and oxygen atoms in total. The summed E-state index contributed by atoms with van der Waals surface area (Å²) in [5, 5.41) is 0. The molecule has 0 bridgehead atoms. The van der Waals surface area contributed by atoms with Crippen LogP contribution >= 0.6 is 23.1 Å². The fraction of sp³-hybridized carbons (Fsp3) is 0.304. The van der Waals surface area contributed by atoms with Crippen LogP contribution in [0.3, 0.4) is 0 Å². The van der Waals surface area contributed by atoms with Gasteiger partial charge < -0.3 is 14.2 Å².